The lowest BCUT2D eigenvalue weighted by Crippen LogP contribution is -2.59. The van der Waals surface area contributed by atoms with Crippen LogP contribution in [-0.2, 0) is 60.8 Å². The van der Waals surface area contributed by atoms with Crippen molar-refractivity contribution >= 4 is 59.3 Å². The molecular weight excluding hydrogens is 800 g/mol. The van der Waals surface area contributed by atoms with Gasteiger partial charge in [-0.25, -0.2) is 4.79 Å². The maximum absolute atomic E-state index is 13.9. The van der Waals surface area contributed by atoms with E-state index in [4.69, 9.17) is 15.9 Å². The summed E-state index contributed by atoms with van der Waals surface area (Å²) in [6, 6.07) is 6.63. The van der Waals surface area contributed by atoms with Crippen LogP contribution in [0.1, 0.15) is 64.5 Å². The molecule has 0 saturated carbocycles. The molecule has 0 heterocycles. The van der Waals surface area contributed by atoms with Gasteiger partial charge in [-0.3, -0.25) is 43.2 Å². The van der Waals surface area contributed by atoms with E-state index in [-0.39, 0.29) is 25.7 Å². The zero-order chi connectivity index (χ0) is 45.8. The second kappa shape index (κ2) is 24.9. The van der Waals surface area contributed by atoms with Gasteiger partial charge in [0.05, 0.1) is 6.04 Å². The third kappa shape index (κ3) is 18.3. The Bertz CT molecular complexity index is 1880. The standard InChI is InChI=1S/C40H54N8O13/c1-21(43-35(55)23(3)45-37(57)27(41)15-17-31(49)50)33(53)42-22(2)34(54)44-24(4)36(56)47-29(19-25-11-7-5-8-12-25)39(59)48-30(20-26-13-9-6-10-14-26)38(58)46-28(40(60)61)16-18-32(51)52/h5-14,21-24,27-30H,15-20,41H2,1-4H3,(H,42,53)(H,43,55)(H,44,54)(H,45,57)(H,46,58)(H,47,56)(H,48,59)(H,49,50)(H,51,52)(H,60,61)/t21-,22-,23-,24-,27-,28-,29-,30-/m0/s1. The van der Waals surface area contributed by atoms with Crippen molar-refractivity contribution in [3.8, 4) is 0 Å². The average Bonchev–Trinajstić information content (AvgIpc) is 3.20. The highest BCUT2D eigenvalue weighted by atomic mass is 16.4. The van der Waals surface area contributed by atoms with Gasteiger partial charge >= 0.3 is 17.9 Å². The molecule has 21 nitrogen and oxygen atoms in total. The van der Waals surface area contributed by atoms with Crippen LogP contribution in [0.2, 0.25) is 0 Å². The highest BCUT2D eigenvalue weighted by Crippen LogP contribution is 2.09. The third-order valence-corrected chi connectivity index (χ3v) is 9.11. The fourth-order valence-corrected chi connectivity index (χ4v) is 5.49. The van der Waals surface area contributed by atoms with Crippen LogP contribution >= 0.6 is 0 Å². The first kappa shape index (κ1) is 50.2. The molecule has 2 aromatic carbocycles. The molecule has 21 heteroatoms. The first-order chi connectivity index (χ1) is 28.7. The van der Waals surface area contributed by atoms with Crippen LogP contribution in [0, 0.1) is 0 Å². The summed E-state index contributed by atoms with van der Waals surface area (Å²) in [5.41, 5.74) is 6.86. The number of amides is 7. The van der Waals surface area contributed by atoms with Gasteiger partial charge in [-0.2, -0.15) is 0 Å². The lowest BCUT2D eigenvalue weighted by atomic mass is 10.0. The van der Waals surface area contributed by atoms with Crippen molar-refractivity contribution in [1.29, 1.82) is 0 Å². The van der Waals surface area contributed by atoms with Gasteiger partial charge in [0.1, 0.15) is 42.3 Å². The van der Waals surface area contributed by atoms with E-state index in [1.54, 1.807) is 60.7 Å². The zero-order valence-corrected chi connectivity index (χ0v) is 34.1. The third-order valence-electron chi connectivity index (χ3n) is 9.11. The predicted octanol–water partition coefficient (Wildman–Crippen LogP) is -1.91. The van der Waals surface area contributed by atoms with Crippen LogP contribution in [0.25, 0.3) is 0 Å². The SMILES string of the molecule is C[C@H](NC(=O)[C@H](C)NC(=O)[C@H](C)NC(=O)[C@@H](N)CCC(=O)O)C(=O)N[C@@H](C)C(=O)N[C@@H](Cc1ccccc1)C(=O)N[C@@H](Cc1ccccc1)C(=O)N[C@@H](CCC(=O)O)C(=O)O. The van der Waals surface area contributed by atoms with E-state index < -0.39 is 120 Å². The van der Waals surface area contributed by atoms with Gasteiger partial charge in [-0.05, 0) is 51.7 Å². The Morgan fingerprint density at radius 1 is 0.443 bits per heavy atom. The normalized spacial score (nSPS) is 14.7. The number of carboxylic acids is 3. The number of nitrogens with two attached hydrogens (primary N) is 1. The first-order valence-electron chi connectivity index (χ1n) is 19.3. The topological polar surface area (TPSA) is 342 Å². The average molecular weight is 855 g/mol. The van der Waals surface area contributed by atoms with Gasteiger partial charge in [0.2, 0.25) is 41.4 Å². The largest absolute Gasteiger partial charge is 0.481 e. The van der Waals surface area contributed by atoms with E-state index in [1.807, 2.05) is 0 Å². The fraction of sp³-hybridized carbons (Fsp3) is 0.450. The Balaban J connectivity index is 2.12. The Morgan fingerprint density at radius 2 is 0.754 bits per heavy atom. The molecule has 0 spiro atoms. The molecule has 0 saturated heterocycles. The van der Waals surface area contributed by atoms with Crippen LogP contribution in [0.4, 0.5) is 0 Å². The summed E-state index contributed by atoms with van der Waals surface area (Å²) in [7, 11) is 0. The first-order valence-corrected chi connectivity index (χ1v) is 19.3. The molecule has 0 aliphatic rings. The molecule has 12 N–H and O–H groups in total. The summed E-state index contributed by atoms with van der Waals surface area (Å²) < 4.78 is 0. The second-order valence-electron chi connectivity index (χ2n) is 14.3. The monoisotopic (exact) mass is 854 g/mol. The second-order valence-corrected chi connectivity index (χ2v) is 14.3. The van der Waals surface area contributed by atoms with E-state index in [0.717, 1.165) is 0 Å². The number of benzene rings is 2. The van der Waals surface area contributed by atoms with Crippen molar-refractivity contribution in [1.82, 2.24) is 37.2 Å². The van der Waals surface area contributed by atoms with E-state index in [0.29, 0.717) is 11.1 Å². The summed E-state index contributed by atoms with van der Waals surface area (Å²) in [6.07, 6.45) is -1.67. The van der Waals surface area contributed by atoms with Crippen molar-refractivity contribution in [2.45, 2.75) is 115 Å². The molecule has 0 radical (unpaired) electrons. The van der Waals surface area contributed by atoms with Gasteiger partial charge < -0.3 is 58.3 Å². The Morgan fingerprint density at radius 3 is 1.11 bits per heavy atom. The molecular formula is C40H54N8O13. The molecule has 332 valence electrons. The number of hydrogen-bond donors (Lipinski definition) is 11. The number of carbonyl (C=O) groups is 10. The molecule has 0 bridgehead atoms. The van der Waals surface area contributed by atoms with Crippen molar-refractivity contribution in [2.75, 3.05) is 0 Å². The maximum Gasteiger partial charge on any atom is 0.326 e. The quantitative estimate of drug-likeness (QED) is 0.0519. The van der Waals surface area contributed by atoms with E-state index >= 15 is 0 Å². The van der Waals surface area contributed by atoms with Crippen LogP contribution in [0.5, 0.6) is 0 Å². The number of nitrogens with one attached hydrogen (secondary N) is 7. The summed E-state index contributed by atoms with van der Waals surface area (Å²) in [5, 5.41) is 44.5. The smallest absolute Gasteiger partial charge is 0.326 e. The fourth-order valence-electron chi connectivity index (χ4n) is 5.49. The molecule has 61 heavy (non-hydrogen) atoms. The van der Waals surface area contributed by atoms with Crippen molar-refractivity contribution in [3.05, 3.63) is 71.8 Å². The number of carboxylic acid groups (broad SMARTS) is 3. The molecule has 7 amide bonds. The number of rotatable bonds is 25. The minimum Gasteiger partial charge on any atom is -0.481 e. The van der Waals surface area contributed by atoms with Gasteiger partial charge in [0, 0.05) is 25.7 Å². The Kier molecular flexibility index (Phi) is 20.5. The highest BCUT2D eigenvalue weighted by Gasteiger charge is 2.32. The van der Waals surface area contributed by atoms with Crippen LogP contribution < -0.4 is 43.0 Å². The number of aliphatic carboxylic acids is 3. The van der Waals surface area contributed by atoms with E-state index in [1.165, 1.54) is 27.7 Å². The molecule has 2 aromatic rings. The van der Waals surface area contributed by atoms with Gasteiger partial charge in [0.15, 0.2) is 0 Å². The van der Waals surface area contributed by atoms with Crippen molar-refractivity contribution in [3.63, 3.8) is 0 Å². The van der Waals surface area contributed by atoms with Gasteiger partial charge in [-0.1, -0.05) is 60.7 Å². The van der Waals surface area contributed by atoms with Crippen LogP contribution in [-0.4, -0.2) is 123 Å². The number of carbonyl (C=O) groups excluding carboxylic acids is 7. The molecule has 0 aliphatic carbocycles. The predicted molar refractivity (Wildman–Crippen MR) is 216 cm³/mol. The van der Waals surface area contributed by atoms with Gasteiger partial charge in [0.25, 0.3) is 0 Å². The molecule has 0 unspecified atom stereocenters. The van der Waals surface area contributed by atoms with E-state index in [9.17, 15) is 53.1 Å². The minimum absolute atomic E-state index is 0.0784. The minimum atomic E-state index is -1.58. The maximum atomic E-state index is 13.9. The van der Waals surface area contributed by atoms with Crippen LogP contribution in [0.15, 0.2) is 60.7 Å². The van der Waals surface area contributed by atoms with Gasteiger partial charge in [-0.15, -0.1) is 0 Å². The summed E-state index contributed by atoms with van der Waals surface area (Å²) >= 11 is 0. The summed E-state index contributed by atoms with van der Waals surface area (Å²) in [4.78, 5) is 125. The lowest BCUT2D eigenvalue weighted by Gasteiger charge is -2.26. The van der Waals surface area contributed by atoms with Crippen molar-refractivity contribution < 1.29 is 63.3 Å². The molecule has 0 fully saturated rings. The summed E-state index contributed by atoms with van der Waals surface area (Å²) in [5.74, 6) is -9.64. The highest BCUT2D eigenvalue weighted by molar-refractivity contribution is 5.97. The zero-order valence-electron chi connectivity index (χ0n) is 34.1. The molecule has 2 rings (SSSR count). The van der Waals surface area contributed by atoms with Crippen molar-refractivity contribution in [2.24, 2.45) is 5.73 Å². The Hall–Kier alpha value is -6.90. The lowest BCUT2D eigenvalue weighted by molar-refractivity contribution is -0.143. The Labute approximate surface area is 351 Å². The molecule has 0 aromatic heterocycles. The number of hydrogen-bond acceptors (Lipinski definition) is 11. The van der Waals surface area contributed by atoms with Crippen LogP contribution in [0.3, 0.4) is 0 Å². The van der Waals surface area contributed by atoms with E-state index in [2.05, 4.69) is 37.2 Å². The summed E-state index contributed by atoms with van der Waals surface area (Å²) in [6.45, 7) is 5.27. The molecule has 8 atom stereocenters. The molecule has 0 aliphatic heterocycles.